The monoisotopic (exact) mass is 295 g/mol. The first-order valence-electron chi connectivity index (χ1n) is 6.50. The van der Waals surface area contributed by atoms with Gasteiger partial charge in [0.15, 0.2) is 0 Å². The van der Waals surface area contributed by atoms with Crippen LogP contribution < -0.4 is 5.32 Å². The Labute approximate surface area is 129 Å². The molecule has 104 valence electrons. The van der Waals surface area contributed by atoms with E-state index in [0.717, 1.165) is 11.1 Å². The van der Waals surface area contributed by atoms with Crippen LogP contribution >= 0.6 is 11.6 Å². The molecule has 2 aromatic carbocycles. The van der Waals surface area contributed by atoms with Crippen molar-refractivity contribution >= 4 is 23.6 Å². The smallest absolute Gasteiger partial charge is 0.244 e. The topological polar surface area (TPSA) is 29.1 Å². The second kappa shape index (κ2) is 7.94. The Balaban J connectivity index is 1.83. The van der Waals surface area contributed by atoms with Crippen LogP contribution in [-0.2, 0) is 4.79 Å². The lowest BCUT2D eigenvalue weighted by Gasteiger charge is -1.96. The summed E-state index contributed by atoms with van der Waals surface area (Å²) in [5.41, 5.74) is 1.74. The summed E-state index contributed by atoms with van der Waals surface area (Å²) in [6, 6.07) is 17.0. The molecule has 2 rings (SSSR count). The fraction of sp³-hybridized carbons (Fsp3) is 0.0556. The van der Waals surface area contributed by atoms with E-state index in [9.17, 15) is 4.79 Å². The van der Waals surface area contributed by atoms with Crippen molar-refractivity contribution in [3.63, 3.8) is 0 Å². The molecule has 0 aliphatic heterocycles. The van der Waals surface area contributed by atoms with Gasteiger partial charge in [-0.3, -0.25) is 4.79 Å². The normalized spacial score (nSPS) is 9.95. The van der Waals surface area contributed by atoms with Gasteiger partial charge in [0.1, 0.15) is 0 Å². The van der Waals surface area contributed by atoms with E-state index < -0.39 is 0 Å². The molecule has 0 aromatic heterocycles. The summed E-state index contributed by atoms with van der Waals surface area (Å²) in [4.78, 5) is 11.6. The summed E-state index contributed by atoms with van der Waals surface area (Å²) in [5, 5.41) is 3.31. The minimum absolute atomic E-state index is 0.174. The van der Waals surface area contributed by atoms with Gasteiger partial charge in [-0.1, -0.05) is 65.9 Å². The highest BCUT2D eigenvalue weighted by atomic mass is 35.5. The predicted molar refractivity (Wildman–Crippen MR) is 86.8 cm³/mol. The van der Waals surface area contributed by atoms with E-state index in [1.54, 1.807) is 12.1 Å². The molecule has 0 bridgehead atoms. The molecule has 0 aliphatic carbocycles. The van der Waals surface area contributed by atoms with Gasteiger partial charge in [0.05, 0.1) is 11.6 Å². The van der Waals surface area contributed by atoms with Crippen LogP contribution in [-0.4, -0.2) is 12.5 Å². The molecule has 0 spiro atoms. The van der Waals surface area contributed by atoms with Crippen molar-refractivity contribution in [1.82, 2.24) is 5.32 Å². The molecule has 0 atom stereocenters. The molecule has 0 aliphatic rings. The van der Waals surface area contributed by atoms with E-state index in [2.05, 4.69) is 17.2 Å². The number of benzene rings is 2. The number of amides is 1. The zero-order valence-electron chi connectivity index (χ0n) is 11.3. The molecule has 2 nitrogen and oxygen atoms in total. The average Bonchev–Trinajstić information content (AvgIpc) is 2.52. The third-order valence-corrected chi connectivity index (χ3v) is 3.00. The lowest BCUT2D eigenvalue weighted by atomic mass is 10.2. The molecule has 3 heteroatoms. The van der Waals surface area contributed by atoms with Crippen LogP contribution in [0.3, 0.4) is 0 Å². The van der Waals surface area contributed by atoms with Crippen molar-refractivity contribution in [2.75, 3.05) is 6.54 Å². The zero-order valence-corrected chi connectivity index (χ0v) is 12.1. The minimum atomic E-state index is -0.174. The molecule has 1 N–H and O–H groups in total. The molecule has 0 radical (unpaired) electrons. The van der Waals surface area contributed by atoms with Crippen LogP contribution in [0.4, 0.5) is 0 Å². The SMILES string of the molecule is O=C(/C=C/c1ccccc1)NCC#Cc1ccccc1Cl. The number of hydrogen-bond donors (Lipinski definition) is 1. The number of carbonyl (C=O) groups excluding carboxylic acids is 1. The maximum atomic E-state index is 11.6. The van der Waals surface area contributed by atoms with E-state index in [-0.39, 0.29) is 12.5 Å². The molecule has 21 heavy (non-hydrogen) atoms. The first-order chi connectivity index (χ1) is 10.3. The molecule has 1 amide bonds. The Bertz CT molecular complexity index is 696. The van der Waals surface area contributed by atoms with Gasteiger partial charge in [0.2, 0.25) is 5.91 Å². The van der Waals surface area contributed by atoms with E-state index >= 15 is 0 Å². The molecule has 2 aromatic rings. The summed E-state index contributed by atoms with van der Waals surface area (Å²) < 4.78 is 0. The van der Waals surface area contributed by atoms with Gasteiger partial charge in [-0.05, 0) is 23.8 Å². The molecule has 0 heterocycles. The Morgan fingerprint density at radius 1 is 1.10 bits per heavy atom. The van der Waals surface area contributed by atoms with Crippen LogP contribution in [0.25, 0.3) is 6.08 Å². The van der Waals surface area contributed by atoms with Crippen LogP contribution in [0.2, 0.25) is 5.02 Å². The largest absolute Gasteiger partial charge is 0.342 e. The van der Waals surface area contributed by atoms with Crippen molar-refractivity contribution in [3.05, 3.63) is 76.8 Å². The second-order valence-corrected chi connectivity index (χ2v) is 4.65. The van der Waals surface area contributed by atoms with Crippen molar-refractivity contribution in [2.24, 2.45) is 0 Å². The van der Waals surface area contributed by atoms with Gasteiger partial charge in [0.25, 0.3) is 0 Å². The Kier molecular flexibility index (Phi) is 5.63. The molecule has 0 fully saturated rings. The summed E-state index contributed by atoms with van der Waals surface area (Å²) in [6.45, 7) is 0.281. The number of rotatable bonds is 3. The number of halogens is 1. The first-order valence-corrected chi connectivity index (χ1v) is 6.88. The van der Waals surface area contributed by atoms with Crippen LogP contribution in [0.1, 0.15) is 11.1 Å². The Morgan fingerprint density at radius 3 is 2.57 bits per heavy atom. The zero-order chi connectivity index (χ0) is 14.9. The van der Waals surface area contributed by atoms with Gasteiger partial charge in [-0.15, -0.1) is 0 Å². The highest BCUT2D eigenvalue weighted by Crippen LogP contribution is 2.12. The summed E-state index contributed by atoms with van der Waals surface area (Å²) in [7, 11) is 0. The molecular weight excluding hydrogens is 282 g/mol. The number of carbonyl (C=O) groups is 1. The van der Waals surface area contributed by atoms with Crippen LogP contribution in [0, 0.1) is 11.8 Å². The molecule has 0 saturated carbocycles. The van der Waals surface area contributed by atoms with Crippen LogP contribution in [0.5, 0.6) is 0 Å². The maximum absolute atomic E-state index is 11.6. The predicted octanol–water partition coefficient (Wildman–Crippen LogP) is 3.52. The Hall–Kier alpha value is -2.50. The van der Waals surface area contributed by atoms with Gasteiger partial charge in [0, 0.05) is 11.6 Å². The van der Waals surface area contributed by atoms with E-state index in [4.69, 9.17) is 11.6 Å². The van der Waals surface area contributed by atoms with Gasteiger partial charge in [-0.2, -0.15) is 0 Å². The highest BCUT2D eigenvalue weighted by molar-refractivity contribution is 6.31. The molecular formula is C18H14ClNO. The van der Waals surface area contributed by atoms with E-state index in [1.165, 1.54) is 6.08 Å². The quantitative estimate of drug-likeness (QED) is 0.681. The first kappa shape index (κ1) is 14.9. The van der Waals surface area contributed by atoms with Crippen LogP contribution in [0.15, 0.2) is 60.7 Å². The summed E-state index contributed by atoms with van der Waals surface area (Å²) in [6.07, 6.45) is 3.25. The molecule has 0 saturated heterocycles. The average molecular weight is 296 g/mol. The second-order valence-electron chi connectivity index (χ2n) is 4.24. The maximum Gasteiger partial charge on any atom is 0.244 e. The summed E-state index contributed by atoms with van der Waals surface area (Å²) in [5.74, 6) is 5.62. The van der Waals surface area contributed by atoms with Crippen molar-refractivity contribution in [3.8, 4) is 11.8 Å². The Morgan fingerprint density at radius 2 is 1.81 bits per heavy atom. The number of hydrogen-bond acceptors (Lipinski definition) is 1. The van der Waals surface area contributed by atoms with E-state index in [0.29, 0.717) is 5.02 Å². The third-order valence-electron chi connectivity index (χ3n) is 2.67. The van der Waals surface area contributed by atoms with Crippen molar-refractivity contribution in [2.45, 2.75) is 0 Å². The number of nitrogens with one attached hydrogen (secondary N) is 1. The van der Waals surface area contributed by atoms with Gasteiger partial charge in [-0.25, -0.2) is 0 Å². The van der Waals surface area contributed by atoms with Crippen molar-refractivity contribution in [1.29, 1.82) is 0 Å². The lowest BCUT2D eigenvalue weighted by Crippen LogP contribution is -2.20. The van der Waals surface area contributed by atoms with Gasteiger partial charge < -0.3 is 5.32 Å². The minimum Gasteiger partial charge on any atom is -0.342 e. The lowest BCUT2D eigenvalue weighted by molar-refractivity contribution is -0.116. The van der Waals surface area contributed by atoms with Gasteiger partial charge >= 0.3 is 0 Å². The third kappa shape index (κ3) is 5.18. The fourth-order valence-corrected chi connectivity index (χ4v) is 1.81. The standard InChI is InChI=1S/C18H14ClNO/c19-17-11-5-4-9-16(17)10-6-14-20-18(21)13-12-15-7-2-1-3-8-15/h1-5,7-9,11-13H,14H2,(H,20,21)/b13-12+. The van der Waals surface area contributed by atoms with Crippen molar-refractivity contribution < 1.29 is 4.79 Å². The summed E-state index contributed by atoms with van der Waals surface area (Å²) >= 11 is 5.98. The highest BCUT2D eigenvalue weighted by Gasteiger charge is 1.94. The van der Waals surface area contributed by atoms with E-state index in [1.807, 2.05) is 48.5 Å². The fourth-order valence-electron chi connectivity index (χ4n) is 1.63. The molecule has 0 unspecified atom stereocenters.